The molecular formula is C12H23N3O2. The number of carbonyl (C=O) groups excluding carboxylic acids is 2. The van der Waals surface area contributed by atoms with Gasteiger partial charge in [0.15, 0.2) is 0 Å². The van der Waals surface area contributed by atoms with Crippen molar-refractivity contribution in [1.82, 2.24) is 10.2 Å². The molecule has 17 heavy (non-hydrogen) atoms. The Bertz CT molecular complexity index is 275. The lowest BCUT2D eigenvalue weighted by molar-refractivity contribution is -0.132. The number of urea groups is 1. The van der Waals surface area contributed by atoms with E-state index in [-0.39, 0.29) is 5.91 Å². The number of rotatable bonds is 4. The van der Waals surface area contributed by atoms with Crippen LogP contribution in [0.25, 0.3) is 0 Å². The molecule has 5 nitrogen and oxygen atoms in total. The number of amides is 3. The van der Waals surface area contributed by atoms with Crippen LogP contribution >= 0.6 is 0 Å². The maximum absolute atomic E-state index is 11.9. The summed E-state index contributed by atoms with van der Waals surface area (Å²) in [6.07, 6.45) is 6.25. The van der Waals surface area contributed by atoms with Crippen LogP contribution in [0, 0.1) is 5.92 Å². The van der Waals surface area contributed by atoms with E-state index in [0.29, 0.717) is 5.92 Å². The van der Waals surface area contributed by atoms with Crippen LogP contribution < -0.4 is 11.1 Å². The molecule has 0 spiro atoms. The first kappa shape index (κ1) is 13.8. The second kappa shape index (κ2) is 6.47. The Morgan fingerprint density at radius 1 is 1.35 bits per heavy atom. The molecule has 0 saturated heterocycles. The van der Waals surface area contributed by atoms with Gasteiger partial charge in [0, 0.05) is 13.6 Å². The second-order valence-electron chi connectivity index (χ2n) is 4.95. The summed E-state index contributed by atoms with van der Waals surface area (Å²) >= 11 is 0. The van der Waals surface area contributed by atoms with Gasteiger partial charge in [0.2, 0.25) is 5.91 Å². The molecule has 0 aliphatic heterocycles. The van der Waals surface area contributed by atoms with Gasteiger partial charge < -0.3 is 16.0 Å². The SMILES string of the molecule is CC(NC(N)=O)C(=O)N(C)CC1CCCCC1. The van der Waals surface area contributed by atoms with Crippen molar-refractivity contribution in [2.75, 3.05) is 13.6 Å². The third-order valence-electron chi connectivity index (χ3n) is 3.36. The number of primary amides is 1. The Labute approximate surface area is 103 Å². The maximum atomic E-state index is 11.9. The second-order valence-corrected chi connectivity index (χ2v) is 4.95. The van der Waals surface area contributed by atoms with Crippen molar-refractivity contribution in [2.24, 2.45) is 11.7 Å². The molecule has 1 aliphatic rings. The highest BCUT2D eigenvalue weighted by Gasteiger charge is 2.22. The highest BCUT2D eigenvalue weighted by Crippen LogP contribution is 2.24. The van der Waals surface area contributed by atoms with Gasteiger partial charge >= 0.3 is 6.03 Å². The molecule has 1 aliphatic carbocycles. The molecule has 0 aromatic carbocycles. The Kier molecular flexibility index (Phi) is 5.25. The Balaban J connectivity index is 2.37. The van der Waals surface area contributed by atoms with Crippen molar-refractivity contribution in [3.8, 4) is 0 Å². The largest absolute Gasteiger partial charge is 0.352 e. The molecule has 1 rings (SSSR count). The van der Waals surface area contributed by atoms with Crippen molar-refractivity contribution in [3.63, 3.8) is 0 Å². The third kappa shape index (κ3) is 4.63. The molecule has 1 fully saturated rings. The molecule has 0 bridgehead atoms. The van der Waals surface area contributed by atoms with Gasteiger partial charge in [0.05, 0.1) is 0 Å². The minimum Gasteiger partial charge on any atom is -0.352 e. The lowest BCUT2D eigenvalue weighted by atomic mass is 9.89. The molecule has 5 heteroatoms. The smallest absolute Gasteiger partial charge is 0.312 e. The number of nitrogens with two attached hydrogens (primary N) is 1. The van der Waals surface area contributed by atoms with Crippen LogP contribution in [0.3, 0.4) is 0 Å². The van der Waals surface area contributed by atoms with Gasteiger partial charge in [-0.05, 0) is 25.7 Å². The quantitative estimate of drug-likeness (QED) is 0.773. The van der Waals surface area contributed by atoms with E-state index in [2.05, 4.69) is 5.32 Å². The minimum absolute atomic E-state index is 0.0747. The first-order chi connectivity index (χ1) is 8.00. The highest BCUT2D eigenvalue weighted by molar-refractivity contribution is 5.86. The van der Waals surface area contributed by atoms with E-state index in [1.54, 1.807) is 18.9 Å². The number of nitrogens with zero attached hydrogens (tertiary/aromatic N) is 1. The lowest BCUT2D eigenvalue weighted by Crippen LogP contribution is -2.48. The minimum atomic E-state index is -0.656. The summed E-state index contributed by atoms with van der Waals surface area (Å²) in [4.78, 5) is 24.3. The van der Waals surface area contributed by atoms with Crippen LogP contribution in [-0.4, -0.2) is 36.5 Å². The van der Waals surface area contributed by atoms with Gasteiger partial charge in [-0.25, -0.2) is 4.79 Å². The van der Waals surface area contributed by atoms with Crippen LogP contribution in [0.2, 0.25) is 0 Å². The van der Waals surface area contributed by atoms with Gasteiger partial charge in [0.25, 0.3) is 0 Å². The topological polar surface area (TPSA) is 75.4 Å². The molecule has 0 aromatic rings. The summed E-state index contributed by atoms with van der Waals surface area (Å²) in [5, 5.41) is 2.41. The van der Waals surface area contributed by atoms with E-state index >= 15 is 0 Å². The normalized spacial score (nSPS) is 18.5. The van der Waals surface area contributed by atoms with Gasteiger partial charge in [-0.3, -0.25) is 4.79 Å². The average molecular weight is 241 g/mol. The van der Waals surface area contributed by atoms with Crippen molar-refractivity contribution in [2.45, 2.75) is 45.1 Å². The van der Waals surface area contributed by atoms with Gasteiger partial charge in [-0.15, -0.1) is 0 Å². The molecular weight excluding hydrogens is 218 g/mol. The van der Waals surface area contributed by atoms with Crippen LogP contribution in [0.5, 0.6) is 0 Å². The third-order valence-corrected chi connectivity index (χ3v) is 3.36. The molecule has 1 saturated carbocycles. The number of nitrogens with one attached hydrogen (secondary N) is 1. The summed E-state index contributed by atoms with van der Waals surface area (Å²) in [7, 11) is 1.79. The molecule has 0 heterocycles. The van der Waals surface area contributed by atoms with E-state index < -0.39 is 12.1 Å². The van der Waals surface area contributed by atoms with Crippen molar-refractivity contribution < 1.29 is 9.59 Å². The average Bonchev–Trinajstić information content (AvgIpc) is 2.28. The fourth-order valence-corrected chi connectivity index (χ4v) is 2.45. The summed E-state index contributed by atoms with van der Waals surface area (Å²) in [6.45, 7) is 2.44. The molecule has 0 radical (unpaired) electrons. The van der Waals surface area contributed by atoms with Gasteiger partial charge in [-0.2, -0.15) is 0 Å². The van der Waals surface area contributed by atoms with E-state index in [4.69, 9.17) is 5.73 Å². The van der Waals surface area contributed by atoms with E-state index in [1.807, 2.05) is 0 Å². The first-order valence-corrected chi connectivity index (χ1v) is 6.31. The maximum Gasteiger partial charge on any atom is 0.312 e. The number of hydrogen-bond acceptors (Lipinski definition) is 2. The van der Waals surface area contributed by atoms with Crippen LogP contribution in [0.4, 0.5) is 4.79 Å². The summed E-state index contributed by atoms with van der Waals surface area (Å²) < 4.78 is 0. The number of hydrogen-bond donors (Lipinski definition) is 2. The van der Waals surface area contributed by atoms with Gasteiger partial charge in [0.1, 0.15) is 6.04 Å². The summed E-state index contributed by atoms with van der Waals surface area (Å²) in [6, 6.07) is -1.20. The van der Waals surface area contributed by atoms with E-state index in [1.165, 1.54) is 32.1 Å². The molecule has 0 aromatic heterocycles. The molecule has 3 amide bonds. The molecule has 1 atom stereocenters. The van der Waals surface area contributed by atoms with Crippen molar-refractivity contribution >= 4 is 11.9 Å². The fraction of sp³-hybridized carbons (Fsp3) is 0.833. The first-order valence-electron chi connectivity index (χ1n) is 6.31. The highest BCUT2D eigenvalue weighted by atomic mass is 16.2. The van der Waals surface area contributed by atoms with Gasteiger partial charge in [-0.1, -0.05) is 19.3 Å². The predicted octanol–water partition coefficient (Wildman–Crippen LogP) is 1.08. The van der Waals surface area contributed by atoms with E-state index in [9.17, 15) is 9.59 Å². The monoisotopic (exact) mass is 241 g/mol. The Morgan fingerprint density at radius 3 is 2.47 bits per heavy atom. The van der Waals surface area contributed by atoms with Crippen molar-refractivity contribution in [3.05, 3.63) is 0 Å². The predicted molar refractivity (Wildman–Crippen MR) is 66.4 cm³/mol. The lowest BCUT2D eigenvalue weighted by Gasteiger charge is -2.28. The molecule has 98 valence electrons. The Morgan fingerprint density at radius 2 is 1.94 bits per heavy atom. The zero-order valence-electron chi connectivity index (χ0n) is 10.7. The van der Waals surface area contributed by atoms with Crippen LogP contribution in [-0.2, 0) is 4.79 Å². The van der Waals surface area contributed by atoms with E-state index in [0.717, 1.165) is 6.54 Å². The zero-order valence-corrected chi connectivity index (χ0v) is 10.7. The number of likely N-dealkylation sites (N-methyl/N-ethyl adjacent to an activating group) is 1. The van der Waals surface area contributed by atoms with Crippen LogP contribution in [0.1, 0.15) is 39.0 Å². The molecule has 1 unspecified atom stereocenters. The zero-order chi connectivity index (χ0) is 12.8. The number of carbonyl (C=O) groups is 2. The standard InChI is InChI=1S/C12H23N3O2/c1-9(14-12(13)17)11(16)15(2)8-10-6-4-3-5-7-10/h9-10H,3-8H2,1-2H3,(H3,13,14,17). The summed E-state index contributed by atoms with van der Waals surface area (Å²) in [5.41, 5.74) is 4.99. The Hall–Kier alpha value is -1.26. The van der Waals surface area contributed by atoms with Crippen molar-refractivity contribution in [1.29, 1.82) is 0 Å². The molecule has 3 N–H and O–H groups in total. The fourth-order valence-electron chi connectivity index (χ4n) is 2.45. The summed E-state index contributed by atoms with van der Waals surface area (Å²) in [5.74, 6) is 0.535. The van der Waals surface area contributed by atoms with Crippen LogP contribution in [0.15, 0.2) is 0 Å².